The predicted molar refractivity (Wildman–Crippen MR) is 129 cm³/mol. The highest BCUT2D eigenvalue weighted by atomic mass is 19.2. The van der Waals surface area contributed by atoms with Crippen LogP contribution in [0.3, 0.4) is 0 Å². The third kappa shape index (κ3) is 5.18. The number of imidazole rings is 1. The standard InChI is InChI=1S/C27H19F4N5O/c28-18-6-3-15(4-7-18)25-26(17-12-19(29)24(31)20(30)13-17)36-22-14-16(5-8-21(22)35-25)27(37)34-9-1-2-23-32-10-11-33-23/h3-8,10-14H,1-2,9H2,(H,32,33)(H,34,37). The van der Waals surface area contributed by atoms with Gasteiger partial charge >= 0.3 is 0 Å². The van der Waals surface area contributed by atoms with E-state index in [1.165, 1.54) is 30.3 Å². The van der Waals surface area contributed by atoms with Gasteiger partial charge in [0, 0.05) is 42.0 Å². The van der Waals surface area contributed by atoms with Crippen LogP contribution in [-0.4, -0.2) is 32.4 Å². The largest absolute Gasteiger partial charge is 0.352 e. The lowest BCUT2D eigenvalue weighted by Gasteiger charge is -2.12. The molecule has 0 aliphatic carbocycles. The Bertz CT molecular complexity index is 1560. The van der Waals surface area contributed by atoms with Crippen LogP contribution in [-0.2, 0) is 6.42 Å². The molecular formula is C27H19F4N5O. The monoisotopic (exact) mass is 505 g/mol. The van der Waals surface area contributed by atoms with Gasteiger partial charge in [0.1, 0.15) is 11.6 Å². The first-order chi connectivity index (χ1) is 17.9. The quantitative estimate of drug-likeness (QED) is 0.171. The van der Waals surface area contributed by atoms with Crippen LogP contribution in [0.25, 0.3) is 33.5 Å². The van der Waals surface area contributed by atoms with Gasteiger partial charge in [-0.2, -0.15) is 0 Å². The zero-order valence-corrected chi connectivity index (χ0v) is 19.2. The topological polar surface area (TPSA) is 83.6 Å². The third-order valence-electron chi connectivity index (χ3n) is 5.73. The number of benzene rings is 3. The van der Waals surface area contributed by atoms with Gasteiger partial charge < -0.3 is 10.3 Å². The number of fused-ring (bicyclic) bond motifs is 1. The molecule has 5 aromatic rings. The molecule has 0 unspecified atom stereocenters. The van der Waals surface area contributed by atoms with E-state index in [9.17, 15) is 22.4 Å². The zero-order valence-electron chi connectivity index (χ0n) is 19.2. The minimum atomic E-state index is -1.60. The van der Waals surface area contributed by atoms with Crippen LogP contribution in [0.15, 0.2) is 67.0 Å². The van der Waals surface area contributed by atoms with Gasteiger partial charge in [0.2, 0.25) is 0 Å². The summed E-state index contributed by atoms with van der Waals surface area (Å²) >= 11 is 0. The van der Waals surface area contributed by atoms with Gasteiger partial charge in [0.15, 0.2) is 17.5 Å². The Kier molecular flexibility index (Phi) is 6.63. The summed E-state index contributed by atoms with van der Waals surface area (Å²) in [4.78, 5) is 28.9. The average Bonchev–Trinajstić information content (AvgIpc) is 3.42. The molecule has 3 aromatic carbocycles. The number of nitrogens with one attached hydrogen (secondary N) is 2. The second-order valence-electron chi connectivity index (χ2n) is 8.28. The summed E-state index contributed by atoms with van der Waals surface area (Å²) in [5.41, 5.74) is 1.65. The fourth-order valence-corrected chi connectivity index (χ4v) is 3.89. The van der Waals surface area contributed by atoms with Gasteiger partial charge in [-0.1, -0.05) is 0 Å². The van der Waals surface area contributed by atoms with Crippen molar-refractivity contribution >= 4 is 16.9 Å². The summed E-state index contributed by atoms with van der Waals surface area (Å²) in [6.07, 6.45) is 4.75. The van der Waals surface area contributed by atoms with Crippen LogP contribution >= 0.6 is 0 Å². The van der Waals surface area contributed by atoms with Crippen molar-refractivity contribution in [1.82, 2.24) is 25.3 Å². The molecule has 2 N–H and O–H groups in total. The number of amides is 1. The fraction of sp³-hybridized carbons (Fsp3) is 0.111. The molecule has 1 amide bonds. The maximum atomic E-state index is 14.1. The van der Waals surface area contributed by atoms with Crippen molar-refractivity contribution in [3.8, 4) is 22.5 Å². The highest BCUT2D eigenvalue weighted by molar-refractivity contribution is 5.98. The Labute approximate surface area is 208 Å². The lowest BCUT2D eigenvalue weighted by Crippen LogP contribution is -2.24. The maximum absolute atomic E-state index is 14.1. The van der Waals surface area contributed by atoms with Crippen molar-refractivity contribution in [2.24, 2.45) is 0 Å². The fourth-order valence-electron chi connectivity index (χ4n) is 3.89. The van der Waals surface area contributed by atoms with Gasteiger partial charge in [-0.25, -0.2) is 32.5 Å². The molecule has 0 radical (unpaired) electrons. The highest BCUT2D eigenvalue weighted by Gasteiger charge is 2.19. The molecule has 10 heteroatoms. The molecule has 6 nitrogen and oxygen atoms in total. The first-order valence-corrected chi connectivity index (χ1v) is 11.4. The van der Waals surface area contributed by atoms with Gasteiger partial charge in [-0.15, -0.1) is 0 Å². The molecule has 2 heterocycles. The number of aromatic amines is 1. The number of H-pyrrole nitrogens is 1. The summed E-state index contributed by atoms with van der Waals surface area (Å²) in [5.74, 6) is -4.35. The van der Waals surface area contributed by atoms with Gasteiger partial charge in [-0.3, -0.25) is 4.79 Å². The van der Waals surface area contributed by atoms with E-state index in [2.05, 4.69) is 25.3 Å². The first kappa shape index (κ1) is 24.1. The molecule has 0 spiro atoms. The summed E-state index contributed by atoms with van der Waals surface area (Å²) in [5, 5.41) is 2.83. The van der Waals surface area contributed by atoms with Crippen molar-refractivity contribution < 1.29 is 22.4 Å². The Morgan fingerprint density at radius 1 is 0.838 bits per heavy atom. The smallest absolute Gasteiger partial charge is 0.251 e. The van der Waals surface area contributed by atoms with E-state index in [0.717, 1.165) is 18.0 Å². The van der Waals surface area contributed by atoms with Gasteiger partial charge in [0.25, 0.3) is 5.91 Å². The molecule has 186 valence electrons. The number of hydrogen-bond donors (Lipinski definition) is 2. The summed E-state index contributed by atoms with van der Waals surface area (Å²) < 4.78 is 55.3. The number of aromatic nitrogens is 4. The molecule has 0 aliphatic rings. The molecule has 0 bridgehead atoms. The number of rotatable bonds is 7. The highest BCUT2D eigenvalue weighted by Crippen LogP contribution is 2.33. The zero-order chi connectivity index (χ0) is 25.9. The number of carbonyl (C=O) groups is 1. The van der Waals surface area contributed by atoms with Crippen molar-refractivity contribution in [2.45, 2.75) is 12.8 Å². The van der Waals surface area contributed by atoms with Crippen LogP contribution < -0.4 is 5.32 Å². The SMILES string of the molecule is O=C(NCCCc1ncc[nH]1)c1ccc2nc(-c3ccc(F)cc3)c(-c3cc(F)c(F)c(F)c3)nc2c1. The summed E-state index contributed by atoms with van der Waals surface area (Å²) in [6, 6.07) is 11.7. The van der Waals surface area contributed by atoms with Gasteiger partial charge in [-0.05, 0) is 61.0 Å². The van der Waals surface area contributed by atoms with Crippen molar-refractivity contribution in [3.05, 3.63) is 102 Å². The molecule has 0 saturated heterocycles. The lowest BCUT2D eigenvalue weighted by atomic mass is 10.0. The van der Waals surface area contributed by atoms with Crippen LogP contribution in [0, 0.1) is 23.3 Å². The number of aryl methyl sites for hydroxylation is 1. The minimum absolute atomic E-state index is 0.0490. The van der Waals surface area contributed by atoms with Crippen molar-refractivity contribution in [1.29, 1.82) is 0 Å². The second kappa shape index (κ2) is 10.2. The Morgan fingerprint density at radius 2 is 1.54 bits per heavy atom. The number of halogens is 4. The first-order valence-electron chi connectivity index (χ1n) is 11.4. The predicted octanol–water partition coefficient (Wildman–Crippen LogP) is 5.61. The van der Waals surface area contributed by atoms with Crippen LogP contribution in [0.4, 0.5) is 17.6 Å². The van der Waals surface area contributed by atoms with E-state index in [1.54, 1.807) is 24.5 Å². The van der Waals surface area contributed by atoms with Crippen LogP contribution in [0.1, 0.15) is 22.6 Å². The minimum Gasteiger partial charge on any atom is -0.352 e. The van der Waals surface area contributed by atoms with Crippen molar-refractivity contribution in [2.75, 3.05) is 6.54 Å². The Balaban J connectivity index is 1.50. The van der Waals surface area contributed by atoms with E-state index >= 15 is 0 Å². The molecule has 0 saturated carbocycles. The molecule has 0 atom stereocenters. The van der Waals surface area contributed by atoms with E-state index in [1.807, 2.05) is 0 Å². The number of carbonyl (C=O) groups excluding carboxylic acids is 1. The average molecular weight is 505 g/mol. The molecule has 2 aromatic heterocycles. The molecule has 0 aliphatic heterocycles. The maximum Gasteiger partial charge on any atom is 0.251 e. The molecular weight excluding hydrogens is 486 g/mol. The van der Waals surface area contributed by atoms with E-state index in [4.69, 9.17) is 0 Å². The number of hydrogen-bond acceptors (Lipinski definition) is 4. The third-order valence-corrected chi connectivity index (χ3v) is 5.73. The summed E-state index contributed by atoms with van der Waals surface area (Å²) in [7, 11) is 0. The summed E-state index contributed by atoms with van der Waals surface area (Å²) in [6.45, 7) is 0.423. The number of nitrogens with zero attached hydrogens (tertiary/aromatic N) is 3. The Morgan fingerprint density at radius 3 is 2.24 bits per heavy atom. The molecule has 37 heavy (non-hydrogen) atoms. The molecule has 0 fully saturated rings. The van der Waals surface area contributed by atoms with Gasteiger partial charge in [0.05, 0.1) is 22.4 Å². The normalized spacial score (nSPS) is 11.1. The second-order valence-corrected chi connectivity index (χ2v) is 8.28. The molecule has 5 rings (SSSR count). The lowest BCUT2D eigenvalue weighted by molar-refractivity contribution is 0.0953. The van der Waals surface area contributed by atoms with E-state index in [-0.39, 0.29) is 28.4 Å². The van der Waals surface area contributed by atoms with Crippen LogP contribution in [0.2, 0.25) is 0 Å². The van der Waals surface area contributed by atoms with E-state index in [0.29, 0.717) is 36.0 Å². The van der Waals surface area contributed by atoms with E-state index < -0.39 is 23.3 Å². The Hall–Kier alpha value is -4.60. The van der Waals surface area contributed by atoms with Crippen molar-refractivity contribution in [3.63, 3.8) is 0 Å². The van der Waals surface area contributed by atoms with Crippen LogP contribution in [0.5, 0.6) is 0 Å².